The molecule has 1 saturated carbocycles. The molecule has 0 aromatic heterocycles. The number of aryl methyl sites for hydroxylation is 1. The van der Waals surface area contributed by atoms with Crippen LogP contribution in [0.4, 0.5) is 0 Å². The number of aliphatic hydroxyl groups is 1. The zero-order chi connectivity index (χ0) is 14.9. The lowest BCUT2D eigenvalue weighted by Gasteiger charge is -2.46. The number of aliphatic hydroxyl groups excluding tert-OH is 1. The van der Waals surface area contributed by atoms with E-state index in [0.717, 1.165) is 45.2 Å². The molecule has 1 aliphatic carbocycles. The molecule has 2 fully saturated rings. The van der Waals surface area contributed by atoms with Crippen LogP contribution in [0.2, 0.25) is 0 Å². The second-order valence-electron chi connectivity index (χ2n) is 6.75. The number of carbonyl (C=O) groups excluding carboxylic acids is 1. The van der Waals surface area contributed by atoms with Crippen molar-refractivity contribution >= 4 is 5.91 Å². The molecule has 21 heavy (non-hydrogen) atoms. The van der Waals surface area contributed by atoms with Gasteiger partial charge < -0.3 is 10.0 Å². The van der Waals surface area contributed by atoms with Crippen LogP contribution in [0.5, 0.6) is 0 Å². The summed E-state index contributed by atoms with van der Waals surface area (Å²) in [6.07, 6.45) is 5.13. The molecule has 0 spiro atoms. The number of amides is 1. The minimum atomic E-state index is -0.288. The largest absolute Gasteiger partial charge is 0.396 e. The van der Waals surface area contributed by atoms with Crippen LogP contribution in [0.1, 0.15) is 43.2 Å². The molecule has 1 saturated heterocycles. The molecule has 1 unspecified atom stereocenters. The van der Waals surface area contributed by atoms with Crippen LogP contribution < -0.4 is 0 Å². The van der Waals surface area contributed by atoms with Gasteiger partial charge in [-0.1, -0.05) is 36.2 Å². The average Bonchev–Trinajstić information content (AvgIpc) is 2.46. The third-order valence-electron chi connectivity index (χ3n) is 5.25. The Bertz CT molecular complexity index is 522. The zero-order valence-electron chi connectivity index (χ0n) is 12.8. The summed E-state index contributed by atoms with van der Waals surface area (Å²) in [6, 6.07) is 8.43. The number of rotatable bonds is 3. The molecule has 3 rings (SSSR count). The fourth-order valence-corrected chi connectivity index (χ4v) is 3.80. The maximum atomic E-state index is 13.1. The van der Waals surface area contributed by atoms with E-state index in [0.29, 0.717) is 0 Å². The molecule has 3 nitrogen and oxygen atoms in total. The first kappa shape index (κ1) is 14.6. The van der Waals surface area contributed by atoms with Crippen LogP contribution in [0.3, 0.4) is 0 Å². The molecule has 1 aliphatic heterocycles. The number of benzene rings is 1. The fourth-order valence-electron chi connectivity index (χ4n) is 3.80. The Labute approximate surface area is 127 Å². The Hall–Kier alpha value is -1.35. The fraction of sp³-hybridized carbons (Fsp3) is 0.611. The molecule has 0 radical (unpaired) electrons. The molecule has 1 aromatic carbocycles. The van der Waals surface area contributed by atoms with Gasteiger partial charge in [0.25, 0.3) is 0 Å². The standard InChI is InChI=1S/C18H25NO2/c1-14-5-2-7-16(11-14)18(8-4-9-18)17(21)19-10-3-6-15(12-19)13-20/h2,5,7,11,15,20H,3-4,6,8-10,12-13H2,1H3. The summed E-state index contributed by atoms with van der Waals surface area (Å²) < 4.78 is 0. The molecule has 1 atom stereocenters. The van der Waals surface area contributed by atoms with Gasteiger partial charge >= 0.3 is 0 Å². The zero-order valence-corrected chi connectivity index (χ0v) is 12.8. The lowest BCUT2D eigenvalue weighted by atomic mass is 9.63. The normalized spacial score (nSPS) is 24.5. The van der Waals surface area contributed by atoms with Crippen molar-refractivity contribution in [3.8, 4) is 0 Å². The van der Waals surface area contributed by atoms with E-state index in [9.17, 15) is 9.90 Å². The molecule has 3 heteroatoms. The lowest BCUT2D eigenvalue weighted by molar-refractivity contribution is -0.143. The minimum absolute atomic E-state index is 0.196. The Morgan fingerprint density at radius 1 is 1.38 bits per heavy atom. The Balaban J connectivity index is 1.84. The van der Waals surface area contributed by atoms with E-state index >= 15 is 0 Å². The number of nitrogens with zero attached hydrogens (tertiary/aromatic N) is 1. The van der Waals surface area contributed by atoms with Gasteiger partial charge in [-0.05, 0) is 44.1 Å². The van der Waals surface area contributed by atoms with Gasteiger partial charge in [0.2, 0.25) is 5.91 Å². The first-order valence-electron chi connectivity index (χ1n) is 8.13. The van der Waals surface area contributed by atoms with E-state index in [1.807, 2.05) is 4.90 Å². The van der Waals surface area contributed by atoms with Gasteiger partial charge in [0.05, 0.1) is 5.41 Å². The van der Waals surface area contributed by atoms with E-state index in [-0.39, 0.29) is 23.8 Å². The van der Waals surface area contributed by atoms with Crippen LogP contribution in [0.25, 0.3) is 0 Å². The first-order chi connectivity index (χ1) is 10.2. The molecular weight excluding hydrogens is 262 g/mol. The van der Waals surface area contributed by atoms with Crippen LogP contribution in [0.15, 0.2) is 24.3 Å². The molecule has 114 valence electrons. The van der Waals surface area contributed by atoms with E-state index < -0.39 is 0 Å². The van der Waals surface area contributed by atoms with E-state index in [1.165, 1.54) is 11.1 Å². The summed E-state index contributed by atoms with van der Waals surface area (Å²) in [4.78, 5) is 15.1. The summed E-state index contributed by atoms with van der Waals surface area (Å²) in [5, 5.41) is 9.38. The number of hydrogen-bond donors (Lipinski definition) is 1. The van der Waals surface area contributed by atoms with Gasteiger partial charge in [-0.25, -0.2) is 0 Å². The maximum Gasteiger partial charge on any atom is 0.233 e. The van der Waals surface area contributed by atoms with Crippen molar-refractivity contribution in [2.75, 3.05) is 19.7 Å². The third kappa shape index (κ3) is 2.59. The van der Waals surface area contributed by atoms with E-state index in [2.05, 4.69) is 31.2 Å². The molecule has 1 N–H and O–H groups in total. The highest BCUT2D eigenvalue weighted by Crippen LogP contribution is 2.45. The maximum absolute atomic E-state index is 13.1. The second kappa shape index (κ2) is 5.80. The van der Waals surface area contributed by atoms with Crippen LogP contribution in [-0.4, -0.2) is 35.6 Å². The molecule has 1 amide bonds. The van der Waals surface area contributed by atoms with Crippen LogP contribution in [-0.2, 0) is 10.2 Å². The van der Waals surface area contributed by atoms with Gasteiger partial charge in [0.1, 0.15) is 0 Å². The summed E-state index contributed by atoms with van der Waals surface area (Å²) in [6.45, 7) is 3.86. The number of piperidine rings is 1. The predicted octanol–water partition coefficient (Wildman–Crippen LogP) is 2.65. The molecule has 2 aliphatic rings. The van der Waals surface area contributed by atoms with Gasteiger partial charge in [0.15, 0.2) is 0 Å². The van der Waals surface area contributed by atoms with Gasteiger partial charge in [-0.2, -0.15) is 0 Å². The highest BCUT2D eigenvalue weighted by Gasteiger charge is 2.48. The lowest BCUT2D eigenvalue weighted by Crippen LogP contribution is -2.53. The molecular formula is C18H25NO2. The molecule has 1 heterocycles. The second-order valence-corrected chi connectivity index (χ2v) is 6.75. The predicted molar refractivity (Wildman–Crippen MR) is 83.1 cm³/mol. The SMILES string of the molecule is Cc1cccc(C2(C(=O)N3CCCC(CO)C3)CCC2)c1. The number of likely N-dealkylation sites (tertiary alicyclic amines) is 1. The summed E-state index contributed by atoms with van der Waals surface area (Å²) in [5.74, 6) is 0.551. The van der Waals surface area contributed by atoms with Crippen molar-refractivity contribution in [2.45, 2.75) is 44.4 Å². The summed E-state index contributed by atoms with van der Waals surface area (Å²) >= 11 is 0. The van der Waals surface area contributed by atoms with Crippen molar-refractivity contribution < 1.29 is 9.90 Å². The monoisotopic (exact) mass is 287 g/mol. The van der Waals surface area contributed by atoms with Gasteiger partial charge in [-0.3, -0.25) is 4.79 Å². The van der Waals surface area contributed by atoms with E-state index in [4.69, 9.17) is 0 Å². The van der Waals surface area contributed by atoms with Crippen molar-refractivity contribution in [3.05, 3.63) is 35.4 Å². The number of carbonyl (C=O) groups is 1. The van der Waals surface area contributed by atoms with Crippen molar-refractivity contribution in [2.24, 2.45) is 5.92 Å². The highest BCUT2D eigenvalue weighted by atomic mass is 16.3. The summed E-state index contributed by atoms with van der Waals surface area (Å²) in [7, 11) is 0. The average molecular weight is 287 g/mol. The quantitative estimate of drug-likeness (QED) is 0.928. The minimum Gasteiger partial charge on any atom is -0.396 e. The van der Waals surface area contributed by atoms with Crippen LogP contribution in [0, 0.1) is 12.8 Å². The van der Waals surface area contributed by atoms with Gasteiger partial charge in [-0.15, -0.1) is 0 Å². The topological polar surface area (TPSA) is 40.5 Å². The van der Waals surface area contributed by atoms with Crippen molar-refractivity contribution in [1.82, 2.24) is 4.90 Å². The smallest absolute Gasteiger partial charge is 0.233 e. The third-order valence-corrected chi connectivity index (χ3v) is 5.25. The van der Waals surface area contributed by atoms with Gasteiger partial charge in [0, 0.05) is 19.7 Å². The van der Waals surface area contributed by atoms with Crippen molar-refractivity contribution in [3.63, 3.8) is 0 Å². The van der Waals surface area contributed by atoms with E-state index in [1.54, 1.807) is 0 Å². The first-order valence-corrected chi connectivity index (χ1v) is 8.13. The number of hydrogen-bond acceptors (Lipinski definition) is 2. The van der Waals surface area contributed by atoms with Crippen molar-refractivity contribution in [1.29, 1.82) is 0 Å². The Morgan fingerprint density at radius 2 is 2.19 bits per heavy atom. The van der Waals surface area contributed by atoms with Crippen LogP contribution >= 0.6 is 0 Å². The summed E-state index contributed by atoms with van der Waals surface area (Å²) in [5.41, 5.74) is 2.12. The highest BCUT2D eigenvalue weighted by molar-refractivity contribution is 5.89. The Kier molecular flexibility index (Phi) is 4.03. The molecule has 1 aromatic rings. The molecule has 0 bridgehead atoms. The Morgan fingerprint density at radius 3 is 2.81 bits per heavy atom.